The van der Waals surface area contributed by atoms with Crippen molar-refractivity contribution in [2.45, 2.75) is 299 Å². The predicted molar refractivity (Wildman–Crippen MR) is 380 cm³/mol. The summed E-state index contributed by atoms with van der Waals surface area (Å²) < 4.78 is 34.9. The first-order valence-corrected chi connectivity index (χ1v) is 40.1. The van der Waals surface area contributed by atoms with Gasteiger partial charge in [0.05, 0.1) is 61.4 Å². The number of hydrogen-bond acceptors (Lipinski definition) is 22. The normalized spacial score (nSPS) is 25.9. The number of unbranched alkanes of at least 4 members (excludes halogenated alkanes) is 19. The van der Waals surface area contributed by atoms with Gasteiger partial charge in [0.1, 0.15) is 18.3 Å². The van der Waals surface area contributed by atoms with Gasteiger partial charge >= 0.3 is 7.60 Å². The lowest BCUT2D eigenvalue weighted by atomic mass is 9.79. The molecule has 30 nitrogen and oxygen atoms in total. The van der Waals surface area contributed by atoms with Crippen LogP contribution in [0.15, 0.2) is 0 Å². The molecule has 0 aromatic heterocycles. The highest BCUT2D eigenvalue weighted by Crippen LogP contribution is 2.37. The first-order chi connectivity index (χ1) is 48.7. The van der Waals surface area contributed by atoms with Gasteiger partial charge in [-0.2, -0.15) is 0 Å². The number of carbonyl (C=O) groups excluding carboxylic acids is 7. The molecular formula is C71H132N7O23P. The minimum Gasteiger partial charge on any atom is -0.396 e. The van der Waals surface area contributed by atoms with Gasteiger partial charge in [0.25, 0.3) is 5.91 Å². The Morgan fingerprint density at radius 1 is 0.422 bits per heavy atom. The maximum atomic E-state index is 13.9. The third-order valence-corrected chi connectivity index (χ3v) is 20.4. The summed E-state index contributed by atoms with van der Waals surface area (Å²) in [5, 5.41) is 117. The van der Waals surface area contributed by atoms with Crippen molar-refractivity contribution in [1.82, 2.24) is 36.4 Å². The summed E-state index contributed by atoms with van der Waals surface area (Å²) in [6.07, 6.45) is 11.1. The molecule has 16 N–H and O–H groups in total. The number of rotatable bonds is 56. The smallest absolute Gasteiger partial charge is 0.325 e. The van der Waals surface area contributed by atoms with Crippen molar-refractivity contribution in [1.29, 1.82) is 0 Å². The summed E-state index contributed by atoms with van der Waals surface area (Å²) >= 11 is 0. The van der Waals surface area contributed by atoms with Crippen molar-refractivity contribution in [3.05, 3.63) is 0 Å². The van der Waals surface area contributed by atoms with E-state index in [9.17, 15) is 94.1 Å². The average molecular weight is 1480 g/mol. The van der Waals surface area contributed by atoms with Gasteiger partial charge in [0.2, 0.25) is 35.4 Å². The molecule has 3 saturated carbocycles. The molecule has 0 heterocycles. The van der Waals surface area contributed by atoms with Crippen LogP contribution in [0.25, 0.3) is 0 Å². The molecule has 3 fully saturated rings. The van der Waals surface area contributed by atoms with Crippen molar-refractivity contribution >= 4 is 48.9 Å². The second-order valence-corrected chi connectivity index (χ2v) is 30.4. The quantitative estimate of drug-likeness (QED) is 0.0305. The van der Waals surface area contributed by atoms with Crippen LogP contribution < -0.4 is 26.6 Å². The molecule has 594 valence electrons. The van der Waals surface area contributed by atoms with Crippen LogP contribution in [0.2, 0.25) is 0 Å². The molecule has 17 atom stereocenters. The lowest BCUT2D eigenvalue weighted by Crippen LogP contribution is -2.61. The van der Waals surface area contributed by atoms with E-state index in [0.29, 0.717) is 117 Å². The Kier molecular flexibility index (Phi) is 47.7. The molecule has 0 aliphatic heterocycles. The molecule has 7 amide bonds. The van der Waals surface area contributed by atoms with Crippen molar-refractivity contribution in [3.8, 4) is 0 Å². The van der Waals surface area contributed by atoms with Gasteiger partial charge in [0.15, 0.2) is 6.10 Å². The molecule has 0 saturated heterocycles. The van der Waals surface area contributed by atoms with Crippen molar-refractivity contribution in [2.75, 3.05) is 92.2 Å². The van der Waals surface area contributed by atoms with Gasteiger partial charge < -0.3 is 111 Å². The van der Waals surface area contributed by atoms with Crippen LogP contribution in [0, 0.1) is 17.8 Å². The molecule has 8 unspecified atom stereocenters. The highest BCUT2D eigenvalue weighted by Gasteiger charge is 2.47. The highest BCUT2D eigenvalue weighted by molar-refractivity contribution is 7.51. The van der Waals surface area contributed by atoms with E-state index in [1.54, 1.807) is 4.90 Å². The fourth-order valence-electron chi connectivity index (χ4n) is 13.8. The minimum absolute atomic E-state index is 0.0363. The second-order valence-electron chi connectivity index (χ2n) is 28.5. The Labute approximate surface area is 604 Å². The van der Waals surface area contributed by atoms with Gasteiger partial charge in [-0.05, 0) is 83.5 Å². The van der Waals surface area contributed by atoms with E-state index in [1.165, 1.54) is 25.7 Å². The molecule has 3 rings (SSSR count). The van der Waals surface area contributed by atoms with Crippen LogP contribution in [0.4, 0.5) is 0 Å². The number of nitrogens with one attached hydrogen (secondary N) is 5. The number of amides is 7. The Balaban J connectivity index is 1.44. The summed E-state index contributed by atoms with van der Waals surface area (Å²) in [5.41, 5.74) is 0. The number of carbonyl (C=O) groups is 7. The van der Waals surface area contributed by atoms with E-state index >= 15 is 0 Å². The predicted octanol–water partition coefficient (Wildman–Crippen LogP) is 1.86. The first-order valence-electron chi connectivity index (χ1n) is 38.0. The molecule has 31 heteroatoms. The lowest BCUT2D eigenvalue weighted by Gasteiger charge is -2.42. The van der Waals surface area contributed by atoms with Crippen LogP contribution in [-0.4, -0.2) is 278 Å². The maximum absolute atomic E-state index is 13.9. The van der Waals surface area contributed by atoms with Crippen molar-refractivity contribution in [3.63, 3.8) is 0 Å². The SMILES string of the molecule is CC(=O)N[C@H]1C(O)[C@@H](O)C(CO)C[C@H]1OCCCCCCCCCC(=O)NCCCN(CCCCN(CCCNC(=O)CCCCCCCCCO[C@@H]1CC(CO)[C@H](O)C(O)[C@@H]1NC(C)=O)C(=O)C(O)COP(C)(=O)O)C(=O)CCCCCCCCCO[C@@H]1CC(CO)[C@H](O)C(O)[C@@H]1NC(C)=O. The third kappa shape index (κ3) is 37.4. The summed E-state index contributed by atoms with van der Waals surface area (Å²) in [4.78, 5) is 101. The number of ether oxygens (including phenoxy) is 3. The van der Waals surface area contributed by atoms with Gasteiger partial charge in [0, 0.05) is 143 Å². The van der Waals surface area contributed by atoms with Crippen LogP contribution >= 0.6 is 7.60 Å². The molecule has 0 radical (unpaired) electrons. The zero-order chi connectivity index (χ0) is 75.4. The largest absolute Gasteiger partial charge is 0.396 e. The molecule has 3 aliphatic rings. The Hall–Kier alpha value is -4.08. The summed E-state index contributed by atoms with van der Waals surface area (Å²) in [6.45, 7) is 6.22. The third-order valence-electron chi connectivity index (χ3n) is 19.7. The van der Waals surface area contributed by atoms with Crippen LogP contribution in [0.5, 0.6) is 0 Å². The van der Waals surface area contributed by atoms with Crippen LogP contribution in [0.3, 0.4) is 0 Å². The highest BCUT2D eigenvalue weighted by atomic mass is 31.2. The zero-order valence-corrected chi connectivity index (χ0v) is 62.4. The fraction of sp³-hybridized carbons (Fsp3) is 0.901. The Morgan fingerprint density at radius 3 is 1.04 bits per heavy atom. The van der Waals surface area contributed by atoms with Crippen molar-refractivity contribution < 1.29 is 113 Å². The van der Waals surface area contributed by atoms with Gasteiger partial charge in [-0.15, -0.1) is 0 Å². The topological polar surface area (TPSA) is 463 Å². The fourth-order valence-corrected chi connectivity index (χ4v) is 14.2. The number of aliphatic hydroxyl groups excluding tert-OH is 10. The van der Waals surface area contributed by atoms with Crippen LogP contribution in [0.1, 0.15) is 220 Å². The second kappa shape index (κ2) is 52.8. The number of nitrogens with zero attached hydrogens (tertiary/aromatic N) is 2. The van der Waals surface area contributed by atoms with Crippen molar-refractivity contribution in [2.24, 2.45) is 17.8 Å². The molecule has 0 bridgehead atoms. The zero-order valence-electron chi connectivity index (χ0n) is 61.5. The molecular weight excluding hydrogens is 1350 g/mol. The summed E-state index contributed by atoms with van der Waals surface area (Å²) in [6, 6.07) is -2.34. The molecule has 102 heavy (non-hydrogen) atoms. The van der Waals surface area contributed by atoms with E-state index in [4.69, 9.17) is 18.7 Å². The number of hydrogen-bond donors (Lipinski definition) is 16. The van der Waals surface area contributed by atoms with E-state index in [0.717, 1.165) is 129 Å². The number of aliphatic hydroxyl groups is 10. The summed E-state index contributed by atoms with van der Waals surface area (Å²) in [5.74, 6) is -3.69. The van der Waals surface area contributed by atoms with E-state index in [1.807, 2.05) is 0 Å². The molecule has 0 spiro atoms. The van der Waals surface area contributed by atoms with E-state index < -0.39 is 117 Å². The first kappa shape index (κ1) is 92.1. The van der Waals surface area contributed by atoms with Gasteiger partial charge in [-0.1, -0.05) is 96.3 Å². The molecule has 0 aromatic rings. The van der Waals surface area contributed by atoms with Gasteiger partial charge in [-0.3, -0.25) is 38.1 Å². The molecule has 3 aliphatic carbocycles. The standard InChI is InChI=1S/C71H132N7O23P/c1-49(82)74-62-56(42-52(45-79)65(89)68(62)92)98-39-25-17-11-5-8-14-20-30-59(86)72-33-28-37-77(61(88)32-22-16-10-7-13-19-27-41-100-58-44-54(47-81)67(91)70(94)64(58)76-51(3)84)35-23-24-36-78(71(95)55(85)48-101-102(4,96)97)38-29-34-73-60(87)31-21-15-9-6-12-18-26-40-99-57-43-53(46-80)66(90)69(93)63(57)75-50(2)83/h52-58,62-70,79-81,85,89-94H,5-48H2,1-4H3,(H,72,86)(H,73,87)(H,74,82)(H,75,83)(H,76,84)(H,96,97)/t52?,53?,54?,55?,56-,57-,58-,62-,63-,64-,65+,66+,67+,68?,69?,70?/m1/s1. The monoisotopic (exact) mass is 1480 g/mol. The minimum atomic E-state index is -4.01. The lowest BCUT2D eigenvalue weighted by molar-refractivity contribution is -0.142. The van der Waals surface area contributed by atoms with Gasteiger partial charge in [-0.25, -0.2) is 0 Å². The summed E-state index contributed by atoms with van der Waals surface area (Å²) in [7, 11) is -4.01. The Morgan fingerprint density at radius 2 is 0.716 bits per heavy atom. The Bertz CT molecular complexity index is 2410. The average Bonchev–Trinajstić information content (AvgIpc) is 0.823. The van der Waals surface area contributed by atoms with E-state index in [2.05, 4.69) is 26.6 Å². The van der Waals surface area contributed by atoms with E-state index in [-0.39, 0.29) is 74.9 Å². The van der Waals surface area contributed by atoms with Crippen LogP contribution in [-0.2, 0) is 56.9 Å². The maximum Gasteiger partial charge on any atom is 0.325 e. The molecule has 0 aromatic carbocycles.